The van der Waals surface area contributed by atoms with Crippen LogP contribution in [0.2, 0.25) is 0 Å². The van der Waals surface area contributed by atoms with Gasteiger partial charge in [-0.05, 0) is 54.8 Å². The maximum atomic E-state index is 12.6. The zero-order chi connectivity index (χ0) is 23.7. The van der Waals surface area contributed by atoms with Crippen LogP contribution in [-0.4, -0.2) is 17.7 Å². The van der Waals surface area contributed by atoms with Crippen LogP contribution in [0.4, 0.5) is 5.82 Å². The van der Waals surface area contributed by atoms with Crippen molar-refractivity contribution in [1.29, 1.82) is 0 Å². The van der Waals surface area contributed by atoms with Crippen LogP contribution in [0, 0.1) is 6.92 Å². The fourth-order valence-electron chi connectivity index (χ4n) is 4.08. The summed E-state index contributed by atoms with van der Waals surface area (Å²) in [5.41, 5.74) is 4.36. The summed E-state index contributed by atoms with van der Waals surface area (Å²) in [5.74, 6) is 1.37. The van der Waals surface area contributed by atoms with E-state index in [4.69, 9.17) is 13.7 Å². The minimum Gasteiger partial charge on any atom is -0.493 e. The van der Waals surface area contributed by atoms with Crippen LogP contribution in [0.25, 0.3) is 38.4 Å². The first-order chi connectivity index (χ1) is 16.5. The number of furan rings is 1. The van der Waals surface area contributed by atoms with E-state index < -0.39 is 0 Å². The van der Waals surface area contributed by atoms with E-state index in [-0.39, 0.29) is 5.91 Å². The summed E-state index contributed by atoms with van der Waals surface area (Å²) in [6.45, 7) is 6.07. The van der Waals surface area contributed by atoms with Gasteiger partial charge in [-0.3, -0.25) is 4.79 Å². The molecule has 2 heterocycles. The molecule has 3 aromatic carbocycles. The Hall–Kier alpha value is -4.32. The number of nitrogens with one attached hydrogen (secondary N) is 1. The summed E-state index contributed by atoms with van der Waals surface area (Å²) in [7, 11) is 0. The van der Waals surface area contributed by atoms with E-state index in [1.807, 2.05) is 38.1 Å². The van der Waals surface area contributed by atoms with Crippen molar-refractivity contribution >= 4 is 39.0 Å². The van der Waals surface area contributed by atoms with Gasteiger partial charge in [-0.2, -0.15) is 0 Å². The summed E-state index contributed by atoms with van der Waals surface area (Å²) in [6.07, 6.45) is 3.30. The van der Waals surface area contributed by atoms with Gasteiger partial charge in [0, 0.05) is 34.7 Å². The Bertz CT molecular complexity index is 1540. The molecule has 0 spiro atoms. The van der Waals surface area contributed by atoms with Crippen molar-refractivity contribution in [3.63, 3.8) is 0 Å². The van der Waals surface area contributed by atoms with Gasteiger partial charge in [-0.25, -0.2) is 0 Å². The smallest absolute Gasteiger partial charge is 0.249 e. The molecule has 0 radical (unpaired) electrons. The second-order valence-electron chi connectivity index (χ2n) is 8.13. The third-order valence-electron chi connectivity index (χ3n) is 5.69. The van der Waals surface area contributed by atoms with Crippen LogP contribution in [0.15, 0.2) is 81.9 Å². The zero-order valence-electron chi connectivity index (χ0n) is 19.2. The number of benzene rings is 3. The lowest BCUT2D eigenvalue weighted by atomic mass is 9.97. The van der Waals surface area contributed by atoms with Gasteiger partial charge in [0.05, 0.1) is 12.9 Å². The number of fused-ring (bicyclic) bond motifs is 2. The number of aromatic nitrogens is 1. The summed E-state index contributed by atoms with van der Waals surface area (Å²) >= 11 is 0. The largest absolute Gasteiger partial charge is 0.493 e. The molecule has 0 saturated heterocycles. The van der Waals surface area contributed by atoms with Crippen LogP contribution in [0.5, 0.6) is 5.75 Å². The monoisotopic (exact) mass is 452 g/mol. The van der Waals surface area contributed by atoms with Gasteiger partial charge in [-0.15, -0.1) is 0 Å². The third-order valence-corrected chi connectivity index (χ3v) is 5.69. The number of anilines is 1. The first kappa shape index (κ1) is 21.5. The summed E-state index contributed by atoms with van der Waals surface area (Å²) in [5, 5.41) is 9.83. The molecule has 5 rings (SSSR count). The fourth-order valence-corrected chi connectivity index (χ4v) is 4.08. The minimum atomic E-state index is -0.296. The summed E-state index contributed by atoms with van der Waals surface area (Å²) in [6, 6.07) is 20.2. The molecule has 0 aliphatic rings. The van der Waals surface area contributed by atoms with Crippen LogP contribution in [0.1, 0.15) is 25.2 Å². The predicted octanol–water partition coefficient (Wildman–Crippen LogP) is 6.99. The number of carbonyl (C=O) groups is 1. The molecule has 0 bridgehead atoms. The average molecular weight is 453 g/mol. The second-order valence-corrected chi connectivity index (χ2v) is 8.13. The quantitative estimate of drug-likeness (QED) is 0.281. The molecule has 6 heteroatoms. The zero-order valence-corrected chi connectivity index (χ0v) is 19.2. The number of hydrogen-bond donors (Lipinski definition) is 1. The van der Waals surface area contributed by atoms with Crippen LogP contribution in [0.3, 0.4) is 0 Å². The Balaban J connectivity index is 1.56. The molecule has 1 N–H and O–H groups in total. The highest BCUT2D eigenvalue weighted by molar-refractivity contribution is 6.05. The predicted molar refractivity (Wildman–Crippen MR) is 134 cm³/mol. The molecule has 34 heavy (non-hydrogen) atoms. The lowest BCUT2D eigenvalue weighted by molar-refractivity contribution is -0.111. The molecular formula is C28H24N2O4. The van der Waals surface area contributed by atoms with Gasteiger partial charge in [0.25, 0.3) is 0 Å². The molecule has 0 atom stereocenters. The summed E-state index contributed by atoms with van der Waals surface area (Å²) < 4.78 is 16.8. The lowest BCUT2D eigenvalue weighted by Gasteiger charge is -2.12. The molecule has 170 valence electrons. The molecule has 0 saturated carbocycles. The van der Waals surface area contributed by atoms with Gasteiger partial charge in [-0.1, -0.05) is 41.6 Å². The highest BCUT2D eigenvalue weighted by Crippen LogP contribution is 2.38. The first-order valence-corrected chi connectivity index (χ1v) is 11.1. The third kappa shape index (κ3) is 4.18. The molecular weight excluding hydrogens is 428 g/mol. The van der Waals surface area contributed by atoms with E-state index in [1.54, 1.807) is 19.3 Å². The van der Waals surface area contributed by atoms with Crippen molar-refractivity contribution < 1.29 is 18.5 Å². The maximum Gasteiger partial charge on any atom is 0.249 e. The molecule has 0 aliphatic carbocycles. The number of carbonyl (C=O) groups excluding carboxylic acids is 1. The van der Waals surface area contributed by atoms with Crippen LogP contribution < -0.4 is 10.1 Å². The van der Waals surface area contributed by atoms with E-state index in [1.165, 1.54) is 11.5 Å². The molecule has 2 aromatic heterocycles. The standard InChI is InChI=1S/C28H24N2O4/c1-4-32-25-15-26-23(14-22(25)17(2)11-28(31)29-27-12-18(3)34-30-27)24(16-33-26)21-10-9-19-7-5-6-8-20(19)13-21/h5-16H,4H2,1-3H3,(H,29,30,31)/b17-11+. The number of ether oxygens (including phenoxy) is 1. The Kier molecular flexibility index (Phi) is 5.64. The van der Waals surface area contributed by atoms with Crippen LogP contribution >= 0.6 is 0 Å². The van der Waals surface area contributed by atoms with Gasteiger partial charge in [0.1, 0.15) is 17.1 Å². The SMILES string of the molecule is CCOc1cc2occ(-c3ccc4ccccc4c3)c2cc1/C(C)=C/C(=O)Nc1cc(C)on1. The van der Waals surface area contributed by atoms with E-state index >= 15 is 0 Å². The van der Waals surface area contributed by atoms with E-state index in [2.05, 4.69) is 40.8 Å². The van der Waals surface area contributed by atoms with Crippen molar-refractivity contribution in [2.75, 3.05) is 11.9 Å². The van der Waals surface area contributed by atoms with Crippen molar-refractivity contribution in [3.05, 3.63) is 84.3 Å². The minimum absolute atomic E-state index is 0.296. The van der Waals surface area contributed by atoms with Crippen molar-refractivity contribution in [1.82, 2.24) is 5.16 Å². The molecule has 6 nitrogen and oxygen atoms in total. The highest BCUT2D eigenvalue weighted by Gasteiger charge is 2.16. The Labute approximate surface area is 196 Å². The number of nitrogens with zero attached hydrogens (tertiary/aromatic N) is 1. The molecule has 0 aliphatic heterocycles. The Morgan fingerprint density at radius 1 is 1.09 bits per heavy atom. The van der Waals surface area contributed by atoms with E-state index in [0.717, 1.165) is 38.6 Å². The maximum absolute atomic E-state index is 12.6. The topological polar surface area (TPSA) is 77.5 Å². The van der Waals surface area contributed by atoms with Gasteiger partial charge >= 0.3 is 0 Å². The fraction of sp³-hybridized carbons (Fsp3) is 0.143. The number of allylic oxidation sites excluding steroid dienone is 1. The second kappa shape index (κ2) is 8.90. The number of hydrogen-bond acceptors (Lipinski definition) is 5. The summed E-state index contributed by atoms with van der Waals surface area (Å²) in [4.78, 5) is 12.6. The van der Waals surface area contributed by atoms with Gasteiger partial charge in [0.2, 0.25) is 5.91 Å². The highest BCUT2D eigenvalue weighted by atomic mass is 16.5. The molecule has 0 unspecified atom stereocenters. The van der Waals surface area contributed by atoms with Gasteiger partial charge < -0.3 is 19.0 Å². The normalized spacial score (nSPS) is 11.8. The average Bonchev–Trinajstić information content (AvgIpc) is 3.43. The Morgan fingerprint density at radius 3 is 2.68 bits per heavy atom. The van der Waals surface area contributed by atoms with Crippen molar-refractivity contribution in [2.24, 2.45) is 0 Å². The van der Waals surface area contributed by atoms with E-state index in [0.29, 0.717) is 23.9 Å². The van der Waals surface area contributed by atoms with E-state index in [9.17, 15) is 4.79 Å². The number of aryl methyl sites for hydroxylation is 1. The van der Waals surface area contributed by atoms with Crippen molar-refractivity contribution in [2.45, 2.75) is 20.8 Å². The number of rotatable bonds is 6. The Morgan fingerprint density at radius 2 is 1.91 bits per heavy atom. The first-order valence-electron chi connectivity index (χ1n) is 11.1. The van der Waals surface area contributed by atoms with Gasteiger partial charge in [0.15, 0.2) is 5.82 Å². The van der Waals surface area contributed by atoms with Crippen molar-refractivity contribution in [3.8, 4) is 16.9 Å². The van der Waals surface area contributed by atoms with Crippen LogP contribution in [-0.2, 0) is 4.79 Å². The molecule has 5 aromatic rings. The molecule has 1 amide bonds. The lowest BCUT2D eigenvalue weighted by Crippen LogP contribution is -2.09. The molecule has 0 fully saturated rings. The number of amides is 1.